The first kappa shape index (κ1) is 22.2. The number of aromatic nitrogens is 1. The maximum atomic E-state index is 13.1. The van der Waals surface area contributed by atoms with Crippen LogP contribution < -0.4 is 19.1 Å². The van der Waals surface area contributed by atoms with Gasteiger partial charge < -0.3 is 9.47 Å². The number of ether oxygens (including phenoxy) is 2. The highest BCUT2D eigenvalue weighted by molar-refractivity contribution is 7.92. The summed E-state index contributed by atoms with van der Waals surface area (Å²) in [4.78, 5) is 12.0. The minimum atomic E-state index is -3.98. The second kappa shape index (κ2) is 8.85. The first-order valence-corrected chi connectivity index (χ1v) is 12.3. The van der Waals surface area contributed by atoms with Gasteiger partial charge in [0.2, 0.25) is 0 Å². The lowest BCUT2D eigenvalue weighted by molar-refractivity contribution is 0.409. The molecule has 7 nitrogen and oxygen atoms in total. The Morgan fingerprint density at radius 3 is 2.59 bits per heavy atom. The van der Waals surface area contributed by atoms with E-state index in [-0.39, 0.29) is 21.2 Å². The van der Waals surface area contributed by atoms with Gasteiger partial charge in [-0.3, -0.25) is 14.1 Å². The Hall–Kier alpha value is -3.01. The molecule has 0 bridgehead atoms. The molecule has 0 saturated carbocycles. The molecule has 0 saturated heterocycles. The molecule has 0 fully saturated rings. The fourth-order valence-corrected chi connectivity index (χ4v) is 5.51. The molecule has 166 valence electrons. The topological polar surface area (TPSA) is 86.6 Å². The van der Waals surface area contributed by atoms with E-state index in [0.29, 0.717) is 33.3 Å². The van der Waals surface area contributed by atoms with Gasteiger partial charge in [0, 0.05) is 17.6 Å². The maximum Gasteiger partial charge on any atom is 0.308 e. The summed E-state index contributed by atoms with van der Waals surface area (Å²) >= 11 is 7.12. The smallest absolute Gasteiger partial charge is 0.308 e. The van der Waals surface area contributed by atoms with Crippen LogP contribution in [0.1, 0.15) is 6.92 Å². The van der Waals surface area contributed by atoms with E-state index >= 15 is 0 Å². The van der Waals surface area contributed by atoms with E-state index in [1.807, 2.05) is 6.92 Å². The summed E-state index contributed by atoms with van der Waals surface area (Å²) in [6, 6.07) is 16.2. The Balaban J connectivity index is 1.69. The van der Waals surface area contributed by atoms with Crippen LogP contribution in [0.15, 0.2) is 70.4 Å². The normalized spacial score (nSPS) is 11.5. The molecule has 0 unspecified atom stereocenters. The highest BCUT2D eigenvalue weighted by Crippen LogP contribution is 2.35. The fourth-order valence-electron chi connectivity index (χ4n) is 3.18. The predicted octanol–water partition coefficient (Wildman–Crippen LogP) is 5.34. The van der Waals surface area contributed by atoms with Crippen LogP contribution in [0.5, 0.6) is 17.2 Å². The standard InChI is InChI=1S/C22H19ClN2O5S2/c1-3-25-19-9-8-17(13-21(19)31-22(25)26)32(27,28)24-18-11-14(23)7-10-20(18)30-16-6-4-5-15(12-16)29-2/h4-13,24H,3H2,1-2H3. The molecule has 1 N–H and O–H groups in total. The number of aryl methyl sites for hydroxylation is 1. The van der Waals surface area contributed by atoms with Crippen molar-refractivity contribution < 1.29 is 17.9 Å². The van der Waals surface area contributed by atoms with Crippen molar-refractivity contribution in [2.75, 3.05) is 11.8 Å². The van der Waals surface area contributed by atoms with E-state index in [1.54, 1.807) is 54.1 Å². The molecule has 32 heavy (non-hydrogen) atoms. The molecule has 3 aromatic carbocycles. The third-order valence-electron chi connectivity index (χ3n) is 4.72. The average molecular weight is 491 g/mol. The Labute approximate surface area is 193 Å². The van der Waals surface area contributed by atoms with E-state index in [4.69, 9.17) is 21.1 Å². The van der Waals surface area contributed by atoms with Crippen LogP contribution in [-0.4, -0.2) is 20.1 Å². The molecule has 0 atom stereocenters. The summed E-state index contributed by atoms with van der Waals surface area (Å²) < 4.78 is 42.0. The van der Waals surface area contributed by atoms with Gasteiger partial charge in [0.05, 0.1) is 27.9 Å². The Morgan fingerprint density at radius 2 is 1.84 bits per heavy atom. The minimum Gasteiger partial charge on any atom is -0.497 e. The summed E-state index contributed by atoms with van der Waals surface area (Å²) in [6.07, 6.45) is 0. The summed E-state index contributed by atoms with van der Waals surface area (Å²) in [5.41, 5.74) is 0.881. The molecule has 0 spiro atoms. The number of benzene rings is 3. The second-order valence-electron chi connectivity index (χ2n) is 6.77. The monoisotopic (exact) mass is 490 g/mol. The largest absolute Gasteiger partial charge is 0.497 e. The van der Waals surface area contributed by atoms with E-state index in [9.17, 15) is 13.2 Å². The molecule has 4 rings (SSSR count). The molecule has 0 amide bonds. The number of methoxy groups -OCH3 is 1. The third-order valence-corrected chi connectivity index (χ3v) is 7.26. The predicted molar refractivity (Wildman–Crippen MR) is 127 cm³/mol. The van der Waals surface area contributed by atoms with Gasteiger partial charge in [-0.25, -0.2) is 8.42 Å². The first-order chi connectivity index (χ1) is 15.3. The summed E-state index contributed by atoms with van der Waals surface area (Å²) in [7, 11) is -2.43. The van der Waals surface area contributed by atoms with Crippen molar-refractivity contribution in [3.63, 3.8) is 0 Å². The SMILES string of the molecule is CCn1c(=O)sc2cc(S(=O)(=O)Nc3cc(Cl)ccc3Oc3cccc(OC)c3)ccc21. The number of rotatable bonds is 7. The molecule has 0 radical (unpaired) electrons. The zero-order valence-electron chi connectivity index (χ0n) is 17.2. The minimum absolute atomic E-state index is 0.0295. The fraction of sp³-hybridized carbons (Fsp3) is 0.136. The molecule has 4 aromatic rings. The van der Waals surface area contributed by atoms with Gasteiger partial charge in [0.1, 0.15) is 11.5 Å². The third kappa shape index (κ3) is 4.45. The van der Waals surface area contributed by atoms with Crippen molar-refractivity contribution in [3.05, 3.63) is 75.4 Å². The molecule has 0 aliphatic rings. The molecule has 1 heterocycles. The van der Waals surface area contributed by atoms with Gasteiger partial charge >= 0.3 is 4.87 Å². The summed E-state index contributed by atoms with van der Waals surface area (Å²) in [6.45, 7) is 2.37. The highest BCUT2D eigenvalue weighted by Gasteiger charge is 2.19. The quantitative estimate of drug-likeness (QED) is 0.378. The molecule has 0 aliphatic carbocycles. The average Bonchev–Trinajstić information content (AvgIpc) is 3.09. The lowest BCUT2D eigenvalue weighted by atomic mass is 10.3. The van der Waals surface area contributed by atoms with Gasteiger partial charge in [-0.05, 0) is 55.5 Å². The number of sulfonamides is 1. The number of thiazole rings is 1. The number of nitrogens with zero attached hydrogens (tertiary/aromatic N) is 1. The van der Waals surface area contributed by atoms with E-state index in [0.717, 1.165) is 11.3 Å². The van der Waals surface area contributed by atoms with E-state index in [2.05, 4.69) is 4.72 Å². The van der Waals surface area contributed by atoms with E-state index < -0.39 is 10.0 Å². The lowest BCUT2D eigenvalue weighted by Gasteiger charge is -2.14. The number of hydrogen-bond donors (Lipinski definition) is 1. The first-order valence-electron chi connectivity index (χ1n) is 9.58. The number of hydrogen-bond acceptors (Lipinski definition) is 6. The van der Waals surface area contributed by atoms with Crippen LogP contribution in [0.25, 0.3) is 10.2 Å². The van der Waals surface area contributed by atoms with Gasteiger partial charge in [-0.15, -0.1) is 0 Å². The molecule has 10 heteroatoms. The van der Waals surface area contributed by atoms with Crippen LogP contribution >= 0.6 is 22.9 Å². The second-order valence-corrected chi connectivity index (χ2v) is 9.88. The number of fused-ring (bicyclic) bond motifs is 1. The van der Waals surface area contributed by atoms with Gasteiger partial charge in [-0.1, -0.05) is 29.0 Å². The number of nitrogens with one attached hydrogen (secondary N) is 1. The van der Waals surface area contributed by atoms with Crippen LogP contribution in [0.2, 0.25) is 5.02 Å². The Morgan fingerprint density at radius 1 is 1.06 bits per heavy atom. The molecule has 0 aliphatic heterocycles. The Bertz CT molecular complexity index is 1460. The van der Waals surface area contributed by atoms with Crippen LogP contribution in [0, 0.1) is 0 Å². The number of halogens is 1. The molecular weight excluding hydrogens is 472 g/mol. The highest BCUT2D eigenvalue weighted by atomic mass is 35.5. The van der Waals surface area contributed by atoms with Crippen molar-refractivity contribution in [1.29, 1.82) is 0 Å². The van der Waals surface area contributed by atoms with E-state index in [1.165, 1.54) is 18.2 Å². The Kier molecular flexibility index (Phi) is 6.14. The van der Waals surface area contributed by atoms with Gasteiger partial charge in [0.25, 0.3) is 10.0 Å². The van der Waals surface area contributed by atoms with Gasteiger partial charge in [0.15, 0.2) is 5.75 Å². The van der Waals surface area contributed by atoms with Crippen molar-refractivity contribution in [2.24, 2.45) is 0 Å². The van der Waals surface area contributed by atoms with Crippen molar-refractivity contribution in [1.82, 2.24) is 4.57 Å². The summed E-state index contributed by atoms with van der Waals surface area (Å²) in [5, 5.41) is 0.342. The van der Waals surface area contributed by atoms with Crippen LogP contribution in [0.3, 0.4) is 0 Å². The number of anilines is 1. The van der Waals surface area contributed by atoms with Crippen LogP contribution in [-0.2, 0) is 16.6 Å². The molecular formula is C22H19ClN2O5S2. The van der Waals surface area contributed by atoms with Gasteiger partial charge in [-0.2, -0.15) is 0 Å². The molecule has 1 aromatic heterocycles. The van der Waals surface area contributed by atoms with Crippen molar-refractivity contribution >= 4 is 48.9 Å². The van der Waals surface area contributed by atoms with Crippen LogP contribution in [0.4, 0.5) is 5.69 Å². The van der Waals surface area contributed by atoms with Crippen molar-refractivity contribution in [2.45, 2.75) is 18.4 Å². The summed E-state index contributed by atoms with van der Waals surface area (Å²) in [5.74, 6) is 1.35. The van der Waals surface area contributed by atoms with Crippen molar-refractivity contribution in [3.8, 4) is 17.2 Å². The zero-order chi connectivity index (χ0) is 22.9. The lowest BCUT2D eigenvalue weighted by Crippen LogP contribution is -2.14. The zero-order valence-corrected chi connectivity index (χ0v) is 19.6. The maximum absolute atomic E-state index is 13.1.